The normalized spacial score (nSPS) is 19.9. The summed E-state index contributed by atoms with van der Waals surface area (Å²) in [6.07, 6.45) is -0.621. The summed E-state index contributed by atoms with van der Waals surface area (Å²) in [4.78, 5) is 0. The summed E-state index contributed by atoms with van der Waals surface area (Å²) < 4.78 is 11.3. The zero-order valence-corrected chi connectivity index (χ0v) is 12.2. The fraction of sp³-hybridized carbons (Fsp3) is 0.600. The smallest absolute Gasteiger partial charge is 0.205 e. The number of hydrogen-bond acceptors (Lipinski definition) is 5. The molecule has 0 bridgehead atoms. The largest absolute Gasteiger partial charge is 0.463 e. The van der Waals surface area contributed by atoms with E-state index in [0.29, 0.717) is 13.2 Å². The Labute approximate surface area is 119 Å². The second-order valence-electron chi connectivity index (χ2n) is 5.67. The Kier molecular flexibility index (Phi) is 4.65. The van der Waals surface area contributed by atoms with Crippen LogP contribution in [-0.4, -0.2) is 35.2 Å². The zero-order valence-electron chi connectivity index (χ0n) is 12.2. The second kappa shape index (κ2) is 6.10. The lowest BCUT2D eigenvalue weighted by atomic mass is 10.0. The van der Waals surface area contributed by atoms with Gasteiger partial charge in [0.05, 0.1) is 19.3 Å². The van der Waals surface area contributed by atoms with E-state index in [0.717, 1.165) is 16.9 Å². The van der Waals surface area contributed by atoms with Crippen molar-refractivity contribution in [2.75, 3.05) is 13.2 Å². The van der Waals surface area contributed by atoms with Gasteiger partial charge in [0.2, 0.25) is 5.79 Å². The predicted octanol–water partition coefficient (Wildman–Crippen LogP) is 1.34. The first kappa shape index (κ1) is 15.3. The van der Waals surface area contributed by atoms with Gasteiger partial charge in [0.15, 0.2) is 0 Å². The molecule has 0 aromatic heterocycles. The number of ether oxygens (including phenoxy) is 2. The molecule has 0 aliphatic carbocycles. The number of benzene rings is 1. The molecular weight excluding hydrogens is 258 g/mol. The van der Waals surface area contributed by atoms with Gasteiger partial charge in [-0.15, -0.1) is 0 Å². The molecule has 5 nitrogen and oxygen atoms in total. The van der Waals surface area contributed by atoms with Gasteiger partial charge in [-0.2, -0.15) is 0 Å². The SMILES string of the molecule is CC(CO)NCC(O)c1ccc2c(c1)COC(C)(C)O2. The minimum absolute atomic E-state index is 0.0326. The molecule has 3 N–H and O–H groups in total. The van der Waals surface area contributed by atoms with Gasteiger partial charge in [-0.05, 0) is 24.6 Å². The Hall–Kier alpha value is -1.14. The molecule has 0 amide bonds. The molecule has 0 spiro atoms. The summed E-state index contributed by atoms with van der Waals surface area (Å²) in [7, 11) is 0. The molecule has 1 aliphatic rings. The van der Waals surface area contributed by atoms with Crippen molar-refractivity contribution in [1.82, 2.24) is 5.32 Å². The third-order valence-electron chi connectivity index (χ3n) is 3.33. The molecule has 112 valence electrons. The maximum absolute atomic E-state index is 10.1. The molecule has 1 heterocycles. The number of fused-ring (bicyclic) bond motifs is 1. The predicted molar refractivity (Wildman–Crippen MR) is 75.4 cm³/mol. The lowest BCUT2D eigenvalue weighted by Gasteiger charge is -2.33. The monoisotopic (exact) mass is 281 g/mol. The van der Waals surface area contributed by atoms with Gasteiger partial charge in [-0.3, -0.25) is 0 Å². The topological polar surface area (TPSA) is 71.0 Å². The van der Waals surface area contributed by atoms with E-state index in [9.17, 15) is 5.11 Å². The van der Waals surface area contributed by atoms with E-state index in [1.54, 1.807) is 0 Å². The molecule has 2 atom stereocenters. The lowest BCUT2D eigenvalue weighted by molar-refractivity contribution is -0.180. The van der Waals surface area contributed by atoms with E-state index in [1.165, 1.54) is 0 Å². The van der Waals surface area contributed by atoms with Crippen LogP contribution in [0, 0.1) is 0 Å². The maximum atomic E-state index is 10.1. The van der Waals surface area contributed by atoms with Crippen molar-refractivity contribution >= 4 is 0 Å². The highest BCUT2D eigenvalue weighted by atomic mass is 16.7. The van der Waals surface area contributed by atoms with E-state index in [1.807, 2.05) is 39.0 Å². The molecule has 0 fully saturated rings. The van der Waals surface area contributed by atoms with Gasteiger partial charge in [0.1, 0.15) is 5.75 Å². The van der Waals surface area contributed by atoms with E-state index in [2.05, 4.69) is 5.32 Å². The first-order valence-corrected chi connectivity index (χ1v) is 6.89. The highest BCUT2D eigenvalue weighted by molar-refractivity contribution is 5.39. The molecular formula is C15H23NO4. The fourth-order valence-electron chi connectivity index (χ4n) is 2.06. The molecule has 2 unspecified atom stereocenters. The van der Waals surface area contributed by atoms with Crippen molar-refractivity contribution in [2.45, 2.75) is 45.3 Å². The molecule has 1 aromatic carbocycles. The minimum atomic E-state index is -0.621. The molecule has 0 saturated heterocycles. The van der Waals surface area contributed by atoms with Gasteiger partial charge in [0.25, 0.3) is 0 Å². The van der Waals surface area contributed by atoms with Gasteiger partial charge in [-0.25, -0.2) is 0 Å². The van der Waals surface area contributed by atoms with Crippen LogP contribution in [0.15, 0.2) is 18.2 Å². The lowest BCUT2D eigenvalue weighted by Crippen LogP contribution is -2.35. The molecule has 2 rings (SSSR count). The quantitative estimate of drug-likeness (QED) is 0.759. The number of hydrogen-bond donors (Lipinski definition) is 3. The highest BCUT2D eigenvalue weighted by Crippen LogP contribution is 2.32. The summed E-state index contributed by atoms with van der Waals surface area (Å²) in [5.74, 6) is 0.194. The van der Waals surface area contributed by atoms with Crippen LogP contribution >= 0.6 is 0 Å². The van der Waals surface area contributed by atoms with Crippen LogP contribution in [0.25, 0.3) is 0 Å². The van der Waals surface area contributed by atoms with Crippen molar-refractivity contribution in [3.63, 3.8) is 0 Å². The van der Waals surface area contributed by atoms with Crippen LogP contribution in [0.5, 0.6) is 5.75 Å². The van der Waals surface area contributed by atoms with E-state index < -0.39 is 11.9 Å². The van der Waals surface area contributed by atoms with Crippen LogP contribution in [0.1, 0.15) is 38.0 Å². The van der Waals surface area contributed by atoms with Crippen molar-refractivity contribution in [3.05, 3.63) is 29.3 Å². The van der Waals surface area contributed by atoms with Crippen LogP contribution in [0.4, 0.5) is 0 Å². The van der Waals surface area contributed by atoms with Crippen LogP contribution in [-0.2, 0) is 11.3 Å². The Morgan fingerprint density at radius 3 is 2.85 bits per heavy atom. The maximum Gasteiger partial charge on any atom is 0.205 e. The number of aliphatic hydroxyl groups excluding tert-OH is 2. The first-order valence-electron chi connectivity index (χ1n) is 6.89. The Balaban J connectivity index is 2.04. The average molecular weight is 281 g/mol. The van der Waals surface area contributed by atoms with Gasteiger partial charge in [-0.1, -0.05) is 6.07 Å². The van der Waals surface area contributed by atoms with E-state index in [4.69, 9.17) is 14.6 Å². The zero-order chi connectivity index (χ0) is 14.8. The van der Waals surface area contributed by atoms with Crippen LogP contribution in [0.2, 0.25) is 0 Å². The van der Waals surface area contributed by atoms with Crippen molar-refractivity contribution in [1.29, 1.82) is 0 Å². The number of aliphatic hydroxyl groups is 2. The number of nitrogens with one attached hydrogen (secondary N) is 1. The Bertz CT molecular complexity index is 461. The summed E-state index contributed by atoms with van der Waals surface area (Å²) in [6, 6.07) is 5.60. The standard InChI is InChI=1S/C15H23NO4/c1-10(8-17)16-7-13(18)11-4-5-14-12(6-11)9-19-15(2,3)20-14/h4-6,10,13,16-18H,7-9H2,1-3H3. The number of rotatable bonds is 5. The summed E-state index contributed by atoms with van der Waals surface area (Å²) in [6.45, 7) is 6.53. The van der Waals surface area contributed by atoms with Crippen LogP contribution < -0.4 is 10.1 Å². The summed E-state index contributed by atoms with van der Waals surface area (Å²) in [5, 5.41) is 22.2. The molecule has 1 aromatic rings. The molecule has 5 heteroatoms. The van der Waals surface area contributed by atoms with Gasteiger partial charge >= 0.3 is 0 Å². The molecule has 0 saturated carbocycles. The average Bonchev–Trinajstić information content (AvgIpc) is 2.42. The first-order chi connectivity index (χ1) is 9.41. The van der Waals surface area contributed by atoms with E-state index in [-0.39, 0.29) is 12.6 Å². The van der Waals surface area contributed by atoms with Crippen molar-refractivity contribution in [3.8, 4) is 5.75 Å². The fourth-order valence-corrected chi connectivity index (χ4v) is 2.06. The van der Waals surface area contributed by atoms with Gasteiger partial charge < -0.3 is 25.0 Å². The third kappa shape index (κ3) is 3.70. The van der Waals surface area contributed by atoms with Crippen molar-refractivity contribution in [2.24, 2.45) is 0 Å². The van der Waals surface area contributed by atoms with E-state index >= 15 is 0 Å². The molecule has 20 heavy (non-hydrogen) atoms. The second-order valence-corrected chi connectivity index (χ2v) is 5.67. The Morgan fingerprint density at radius 1 is 1.40 bits per heavy atom. The van der Waals surface area contributed by atoms with Crippen LogP contribution in [0.3, 0.4) is 0 Å². The van der Waals surface area contributed by atoms with Gasteiger partial charge in [0, 0.05) is 32.0 Å². The van der Waals surface area contributed by atoms with Crippen molar-refractivity contribution < 1.29 is 19.7 Å². The minimum Gasteiger partial charge on any atom is -0.463 e. The molecule has 0 radical (unpaired) electrons. The molecule has 1 aliphatic heterocycles. The highest BCUT2D eigenvalue weighted by Gasteiger charge is 2.27. The third-order valence-corrected chi connectivity index (χ3v) is 3.33. The Morgan fingerprint density at radius 2 is 2.15 bits per heavy atom. The summed E-state index contributed by atoms with van der Waals surface area (Å²) in [5.41, 5.74) is 1.75. The summed E-state index contributed by atoms with van der Waals surface area (Å²) >= 11 is 0.